The van der Waals surface area contributed by atoms with Crippen molar-refractivity contribution in [3.8, 4) is 0 Å². The molecule has 2 aliphatic carbocycles. The average Bonchev–Trinajstić information content (AvgIpc) is 3.06. The Hall–Kier alpha value is -1.06. The van der Waals surface area contributed by atoms with E-state index in [4.69, 9.17) is 0 Å². The monoisotopic (exact) mass is 267 g/mol. The maximum absolute atomic E-state index is 12.4. The van der Waals surface area contributed by atoms with E-state index in [-0.39, 0.29) is 12.3 Å². The van der Waals surface area contributed by atoms with Crippen molar-refractivity contribution >= 4 is 11.9 Å². The van der Waals surface area contributed by atoms with Crippen molar-refractivity contribution in [1.82, 2.24) is 4.90 Å². The summed E-state index contributed by atoms with van der Waals surface area (Å²) >= 11 is 0. The van der Waals surface area contributed by atoms with Crippen LogP contribution in [0.5, 0.6) is 0 Å². The first-order valence-electron chi connectivity index (χ1n) is 7.47. The van der Waals surface area contributed by atoms with Gasteiger partial charge in [0.15, 0.2) is 0 Å². The first-order chi connectivity index (χ1) is 8.94. The Bertz CT molecular complexity index is 356. The van der Waals surface area contributed by atoms with Crippen LogP contribution < -0.4 is 0 Å². The van der Waals surface area contributed by atoms with E-state index in [1.807, 2.05) is 4.90 Å². The predicted octanol–water partition coefficient (Wildman–Crippen LogP) is 2.67. The second kappa shape index (κ2) is 5.51. The number of rotatable bonds is 7. The van der Waals surface area contributed by atoms with E-state index in [1.54, 1.807) is 0 Å². The number of carboxylic acid groups (broad SMARTS) is 1. The van der Waals surface area contributed by atoms with Gasteiger partial charge in [-0.3, -0.25) is 9.59 Å². The summed E-state index contributed by atoms with van der Waals surface area (Å²) in [5.74, 6) is -0.150. The van der Waals surface area contributed by atoms with Crippen molar-refractivity contribution < 1.29 is 14.7 Å². The molecule has 4 nitrogen and oxygen atoms in total. The van der Waals surface area contributed by atoms with Gasteiger partial charge >= 0.3 is 5.97 Å². The third kappa shape index (κ3) is 3.28. The van der Waals surface area contributed by atoms with E-state index in [1.165, 1.54) is 0 Å². The van der Waals surface area contributed by atoms with E-state index >= 15 is 0 Å². The van der Waals surface area contributed by atoms with Gasteiger partial charge in [0.1, 0.15) is 0 Å². The van der Waals surface area contributed by atoms with Crippen LogP contribution in [0.2, 0.25) is 0 Å². The third-order valence-corrected chi connectivity index (χ3v) is 4.51. The molecule has 0 heterocycles. The highest BCUT2D eigenvalue weighted by Crippen LogP contribution is 2.45. The number of hydrogen-bond acceptors (Lipinski definition) is 2. The molecule has 0 aliphatic heterocycles. The molecule has 0 radical (unpaired) electrons. The zero-order valence-corrected chi connectivity index (χ0v) is 12.0. The molecule has 0 aromatic rings. The number of amides is 1. The van der Waals surface area contributed by atoms with Gasteiger partial charge in [0.25, 0.3) is 0 Å². The van der Waals surface area contributed by atoms with Gasteiger partial charge in [-0.15, -0.1) is 0 Å². The predicted molar refractivity (Wildman–Crippen MR) is 72.7 cm³/mol. The zero-order chi connectivity index (χ0) is 14.0. The lowest BCUT2D eigenvalue weighted by Crippen LogP contribution is -2.44. The number of carboxylic acids is 1. The number of aliphatic carboxylic acids is 1. The maximum Gasteiger partial charge on any atom is 0.310 e. The average molecular weight is 267 g/mol. The molecule has 1 amide bonds. The zero-order valence-electron chi connectivity index (χ0n) is 12.0. The summed E-state index contributed by atoms with van der Waals surface area (Å²) in [4.78, 5) is 25.7. The normalized spacial score (nSPS) is 21.0. The van der Waals surface area contributed by atoms with Crippen molar-refractivity contribution in [2.24, 2.45) is 11.3 Å². The molecule has 0 unspecified atom stereocenters. The molecule has 1 N–H and O–H groups in total. The lowest BCUT2D eigenvalue weighted by Gasteiger charge is -2.38. The molecule has 2 rings (SSSR count). The van der Waals surface area contributed by atoms with Gasteiger partial charge in [-0.2, -0.15) is 0 Å². The maximum atomic E-state index is 12.4. The molecule has 0 saturated heterocycles. The summed E-state index contributed by atoms with van der Waals surface area (Å²) in [5, 5.41) is 9.32. The Labute approximate surface area is 115 Å². The van der Waals surface area contributed by atoms with Crippen LogP contribution in [0.4, 0.5) is 0 Å². The molecule has 2 aliphatic rings. The van der Waals surface area contributed by atoms with Crippen molar-refractivity contribution in [1.29, 1.82) is 0 Å². The molecule has 0 aromatic carbocycles. The van der Waals surface area contributed by atoms with Crippen molar-refractivity contribution in [3.63, 3.8) is 0 Å². The van der Waals surface area contributed by atoms with E-state index in [9.17, 15) is 14.7 Å². The highest BCUT2D eigenvalue weighted by molar-refractivity contribution is 5.86. The van der Waals surface area contributed by atoms with Gasteiger partial charge in [-0.05, 0) is 38.0 Å². The molecule has 2 saturated carbocycles. The SMILES string of the molecule is CC(C)CCN(C(=O)CC1(C(=O)O)CCC1)C1CC1. The van der Waals surface area contributed by atoms with Crippen LogP contribution in [0.15, 0.2) is 0 Å². The minimum absolute atomic E-state index is 0.0604. The summed E-state index contributed by atoms with van der Waals surface area (Å²) in [6.45, 7) is 5.09. The van der Waals surface area contributed by atoms with Crippen LogP contribution in [0.1, 0.15) is 58.8 Å². The quantitative estimate of drug-likeness (QED) is 0.771. The van der Waals surface area contributed by atoms with Crippen LogP contribution >= 0.6 is 0 Å². The number of carbonyl (C=O) groups is 2. The van der Waals surface area contributed by atoms with Gasteiger partial charge in [0.05, 0.1) is 5.41 Å². The topological polar surface area (TPSA) is 57.6 Å². The highest BCUT2D eigenvalue weighted by Gasteiger charge is 2.47. The fraction of sp³-hybridized carbons (Fsp3) is 0.867. The van der Waals surface area contributed by atoms with Gasteiger partial charge in [0.2, 0.25) is 5.91 Å². The summed E-state index contributed by atoms with van der Waals surface area (Å²) < 4.78 is 0. The van der Waals surface area contributed by atoms with Crippen LogP contribution in [0, 0.1) is 11.3 Å². The Morgan fingerprint density at radius 2 is 1.95 bits per heavy atom. The fourth-order valence-corrected chi connectivity index (χ4v) is 2.76. The largest absolute Gasteiger partial charge is 0.481 e. The minimum atomic E-state index is -0.785. The number of nitrogens with zero attached hydrogens (tertiary/aromatic N) is 1. The summed E-state index contributed by atoms with van der Waals surface area (Å²) in [5.41, 5.74) is -0.748. The highest BCUT2D eigenvalue weighted by atomic mass is 16.4. The molecular weight excluding hydrogens is 242 g/mol. The van der Waals surface area contributed by atoms with E-state index < -0.39 is 11.4 Å². The summed E-state index contributed by atoms with van der Waals surface area (Å²) in [6.07, 6.45) is 5.65. The molecule has 0 aromatic heterocycles. The smallest absolute Gasteiger partial charge is 0.310 e. The molecular formula is C15H25NO3. The van der Waals surface area contributed by atoms with Crippen LogP contribution in [0.3, 0.4) is 0 Å². The second-order valence-electron chi connectivity index (χ2n) is 6.62. The van der Waals surface area contributed by atoms with Crippen molar-refractivity contribution in [2.75, 3.05) is 6.54 Å². The summed E-state index contributed by atoms with van der Waals surface area (Å²) in [6, 6.07) is 0.386. The Morgan fingerprint density at radius 1 is 1.32 bits per heavy atom. The van der Waals surface area contributed by atoms with E-state index in [0.717, 1.165) is 32.2 Å². The van der Waals surface area contributed by atoms with Crippen LogP contribution in [-0.2, 0) is 9.59 Å². The standard InChI is InChI=1S/C15H25NO3/c1-11(2)6-9-16(12-4-5-12)13(17)10-15(14(18)19)7-3-8-15/h11-12H,3-10H2,1-2H3,(H,18,19). The molecule has 4 heteroatoms. The van der Waals surface area contributed by atoms with Crippen LogP contribution in [-0.4, -0.2) is 34.5 Å². The Kier molecular flexibility index (Phi) is 4.16. The van der Waals surface area contributed by atoms with Gasteiger partial charge in [0, 0.05) is 19.0 Å². The van der Waals surface area contributed by atoms with Crippen LogP contribution in [0.25, 0.3) is 0 Å². The number of carbonyl (C=O) groups excluding carboxylic acids is 1. The number of hydrogen-bond donors (Lipinski definition) is 1. The fourth-order valence-electron chi connectivity index (χ4n) is 2.76. The van der Waals surface area contributed by atoms with Gasteiger partial charge < -0.3 is 10.0 Å². The second-order valence-corrected chi connectivity index (χ2v) is 6.62. The molecule has 19 heavy (non-hydrogen) atoms. The van der Waals surface area contributed by atoms with E-state index in [2.05, 4.69) is 13.8 Å². The Morgan fingerprint density at radius 3 is 2.32 bits per heavy atom. The van der Waals surface area contributed by atoms with E-state index in [0.29, 0.717) is 24.8 Å². The summed E-state index contributed by atoms with van der Waals surface area (Å²) in [7, 11) is 0. The molecule has 0 atom stereocenters. The molecule has 2 fully saturated rings. The van der Waals surface area contributed by atoms with Crippen molar-refractivity contribution in [2.45, 2.75) is 64.8 Å². The first-order valence-corrected chi connectivity index (χ1v) is 7.47. The van der Waals surface area contributed by atoms with Gasteiger partial charge in [-0.1, -0.05) is 20.3 Å². The Balaban J connectivity index is 1.93. The lowest BCUT2D eigenvalue weighted by molar-refractivity contribution is -0.159. The van der Waals surface area contributed by atoms with Gasteiger partial charge in [-0.25, -0.2) is 0 Å². The molecule has 0 spiro atoms. The lowest BCUT2D eigenvalue weighted by atomic mass is 9.66. The molecule has 0 bridgehead atoms. The molecule has 108 valence electrons. The first kappa shape index (κ1) is 14.4. The van der Waals surface area contributed by atoms with Crippen molar-refractivity contribution in [3.05, 3.63) is 0 Å². The minimum Gasteiger partial charge on any atom is -0.481 e. The third-order valence-electron chi connectivity index (χ3n) is 4.51.